The first kappa shape index (κ1) is 23.6. The molecular weight excluding hydrogens is 499 g/mol. The second-order valence-corrected chi connectivity index (χ2v) is 6.39. The lowest BCUT2D eigenvalue weighted by molar-refractivity contribution is -0.120. The van der Waals surface area contributed by atoms with Gasteiger partial charge in [0.1, 0.15) is 5.75 Å². The van der Waals surface area contributed by atoms with Gasteiger partial charge in [-0.2, -0.15) is 0 Å². The smallest absolute Gasteiger partial charge is 0.239 e. The lowest BCUT2D eigenvalue weighted by atomic mass is 10.2. The minimum absolute atomic E-state index is 0. The quantitative estimate of drug-likeness (QED) is 0.305. The van der Waals surface area contributed by atoms with Gasteiger partial charge in [0, 0.05) is 31.8 Å². The second-order valence-electron chi connectivity index (χ2n) is 6.39. The summed E-state index contributed by atoms with van der Waals surface area (Å²) in [5, 5.41) is 9.02. The summed E-state index contributed by atoms with van der Waals surface area (Å²) in [5.74, 6) is 2.56. The highest BCUT2D eigenvalue weighted by molar-refractivity contribution is 14.0. The largest absolute Gasteiger partial charge is 0.497 e. The summed E-state index contributed by atoms with van der Waals surface area (Å²) in [4.78, 5) is 16.3. The van der Waals surface area contributed by atoms with Gasteiger partial charge in [-0.25, -0.2) is 0 Å². The Kier molecular flexibility index (Phi) is 9.52. The summed E-state index contributed by atoms with van der Waals surface area (Å²) in [6.45, 7) is 1.81. The van der Waals surface area contributed by atoms with Crippen molar-refractivity contribution in [2.75, 3.05) is 39.2 Å². The van der Waals surface area contributed by atoms with Gasteiger partial charge in [0.2, 0.25) is 5.91 Å². The molecule has 3 rings (SSSR count). The number of ether oxygens (including phenoxy) is 3. The Hall–Kier alpha value is -2.69. The first-order valence-electron chi connectivity index (χ1n) is 9.45. The molecule has 3 N–H and O–H groups in total. The van der Waals surface area contributed by atoms with E-state index in [4.69, 9.17) is 14.2 Å². The number of carbonyl (C=O) groups excluding carboxylic acids is 1. The van der Waals surface area contributed by atoms with Crippen molar-refractivity contribution in [3.63, 3.8) is 0 Å². The number of anilines is 1. The van der Waals surface area contributed by atoms with Gasteiger partial charge in [0.25, 0.3) is 0 Å². The fraction of sp³-hybridized carbons (Fsp3) is 0.333. The lowest BCUT2D eigenvalue weighted by Gasteiger charge is -2.14. The molecule has 0 aromatic heterocycles. The first-order chi connectivity index (χ1) is 14.2. The standard InChI is InChI=1S/C21H26N4O4.HI/c1-22-21(25-16-6-9-18-19(12-16)29-11-3-10-28-18)24-14-20(26)23-13-15-4-7-17(27-2)8-5-15;/h4-9,12H,3,10-11,13-14H2,1-2H3,(H,23,26)(H2,22,24,25);1H. The van der Waals surface area contributed by atoms with Gasteiger partial charge < -0.3 is 30.2 Å². The Bertz CT molecular complexity index is 859. The molecule has 8 nitrogen and oxygen atoms in total. The normalized spacial score (nSPS) is 12.8. The average molecular weight is 526 g/mol. The predicted octanol–water partition coefficient (Wildman–Crippen LogP) is 2.78. The van der Waals surface area contributed by atoms with Crippen LogP contribution in [0.2, 0.25) is 0 Å². The number of guanidine groups is 1. The number of hydrogen-bond acceptors (Lipinski definition) is 5. The van der Waals surface area contributed by atoms with Crippen molar-refractivity contribution in [3.8, 4) is 17.2 Å². The predicted molar refractivity (Wildman–Crippen MR) is 127 cm³/mol. The molecule has 1 aliphatic rings. The highest BCUT2D eigenvalue weighted by Gasteiger charge is 2.11. The van der Waals surface area contributed by atoms with E-state index in [1.54, 1.807) is 14.2 Å². The first-order valence-corrected chi connectivity index (χ1v) is 9.45. The number of rotatable bonds is 6. The highest BCUT2D eigenvalue weighted by atomic mass is 127. The van der Waals surface area contributed by atoms with E-state index in [1.165, 1.54) is 0 Å². The zero-order valence-electron chi connectivity index (χ0n) is 17.1. The van der Waals surface area contributed by atoms with Crippen LogP contribution in [0.15, 0.2) is 47.5 Å². The fourth-order valence-corrected chi connectivity index (χ4v) is 2.73. The maximum atomic E-state index is 12.1. The molecule has 2 aromatic carbocycles. The van der Waals surface area contributed by atoms with E-state index in [1.807, 2.05) is 42.5 Å². The molecular formula is C21H27IN4O4. The number of halogens is 1. The molecule has 1 amide bonds. The van der Waals surface area contributed by atoms with E-state index in [0.717, 1.165) is 29.2 Å². The number of nitrogens with one attached hydrogen (secondary N) is 3. The maximum absolute atomic E-state index is 12.1. The van der Waals surface area contributed by atoms with Crippen LogP contribution in [-0.4, -0.2) is 45.8 Å². The van der Waals surface area contributed by atoms with Gasteiger partial charge in [-0.3, -0.25) is 9.79 Å². The van der Waals surface area contributed by atoms with Crippen molar-refractivity contribution >= 4 is 41.5 Å². The average Bonchev–Trinajstić information content (AvgIpc) is 3.00. The number of methoxy groups -OCH3 is 1. The van der Waals surface area contributed by atoms with Crippen LogP contribution >= 0.6 is 24.0 Å². The Balaban J connectivity index is 0.00000320. The van der Waals surface area contributed by atoms with Gasteiger partial charge in [-0.15, -0.1) is 24.0 Å². The van der Waals surface area contributed by atoms with Gasteiger partial charge in [-0.05, 0) is 29.8 Å². The monoisotopic (exact) mass is 526 g/mol. The Labute approximate surface area is 193 Å². The molecule has 0 fully saturated rings. The van der Waals surface area contributed by atoms with Gasteiger partial charge in [0.05, 0.1) is 26.9 Å². The number of carbonyl (C=O) groups is 1. The summed E-state index contributed by atoms with van der Waals surface area (Å²) in [7, 11) is 3.27. The van der Waals surface area contributed by atoms with E-state index in [2.05, 4.69) is 20.9 Å². The highest BCUT2D eigenvalue weighted by Crippen LogP contribution is 2.32. The van der Waals surface area contributed by atoms with E-state index >= 15 is 0 Å². The second kappa shape index (κ2) is 12.1. The van der Waals surface area contributed by atoms with Crippen LogP contribution in [0.5, 0.6) is 17.2 Å². The molecule has 0 spiro atoms. The SMILES string of the molecule is CN=C(NCC(=O)NCc1ccc(OC)cc1)Nc1ccc2c(c1)OCCCO2.I. The minimum atomic E-state index is -0.137. The van der Waals surface area contributed by atoms with Gasteiger partial charge in [-0.1, -0.05) is 12.1 Å². The Morgan fingerprint density at radius 1 is 1.07 bits per heavy atom. The van der Waals surface area contributed by atoms with Crippen LogP contribution in [0, 0.1) is 0 Å². The molecule has 1 heterocycles. The number of amides is 1. The summed E-state index contributed by atoms with van der Waals surface area (Å²) in [5.41, 5.74) is 1.79. The van der Waals surface area contributed by atoms with Crippen LogP contribution < -0.4 is 30.2 Å². The molecule has 30 heavy (non-hydrogen) atoms. The molecule has 0 aliphatic carbocycles. The van der Waals surface area contributed by atoms with Crippen LogP contribution in [0.3, 0.4) is 0 Å². The lowest BCUT2D eigenvalue weighted by Crippen LogP contribution is -2.39. The molecule has 0 radical (unpaired) electrons. The van der Waals surface area contributed by atoms with Crippen LogP contribution in [-0.2, 0) is 11.3 Å². The molecule has 0 unspecified atom stereocenters. The van der Waals surface area contributed by atoms with E-state index in [9.17, 15) is 4.79 Å². The van der Waals surface area contributed by atoms with E-state index in [-0.39, 0.29) is 36.4 Å². The summed E-state index contributed by atoms with van der Waals surface area (Å²) < 4.78 is 16.5. The molecule has 2 aromatic rings. The maximum Gasteiger partial charge on any atom is 0.239 e. The van der Waals surface area contributed by atoms with Crippen molar-refractivity contribution in [1.82, 2.24) is 10.6 Å². The molecule has 1 aliphatic heterocycles. The van der Waals surface area contributed by atoms with Gasteiger partial charge >= 0.3 is 0 Å². The zero-order valence-corrected chi connectivity index (χ0v) is 19.4. The molecule has 0 bridgehead atoms. The number of fused-ring (bicyclic) bond motifs is 1. The Morgan fingerprint density at radius 3 is 2.50 bits per heavy atom. The van der Waals surface area contributed by atoms with Crippen molar-refractivity contribution in [2.45, 2.75) is 13.0 Å². The van der Waals surface area contributed by atoms with Crippen molar-refractivity contribution in [2.24, 2.45) is 4.99 Å². The third-order valence-electron chi connectivity index (χ3n) is 4.30. The van der Waals surface area contributed by atoms with Crippen LogP contribution in [0.4, 0.5) is 5.69 Å². The summed E-state index contributed by atoms with van der Waals surface area (Å²) in [6.07, 6.45) is 0.853. The third kappa shape index (κ3) is 6.97. The minimum Gasteiger partial charge on any atom is -0.497 e. The number of aliphatic imine (C=N–C) groups is 1. The molecule has 0 saturated heterocycles. The van der Waals surface area contributed by atoms with E-state index < -0.39 is 0 Å². The fourth-order valence-electron chi connectivity index (χ4n) is 2.73. The third-order valence-corrected chi connectivity index (χ3v) is 4.30. The molecule has 9 heteroatoms. The van der Waals surface area contributed by atoms with E-state index in [0.29, 0.717) is 31.5 Å². The molecule has 0 saturated carbocycles. The summed E-state index contributed by atoms with van der Waals surface area (Å²) in [6, 6.07) is 13.1. The van der Waals surface area contributed by atoms with Crippen molar-refractivity contribution in [1.29, 1.82) is 0 Å². The van der Waals surface area contributed by atoms with Crippen LogP contribution in [0.1, 0.15) is 12.0 Å². The number of nitrogens with zero attached hydrogens (tertiary/aromatic N) is 1. The number of hydrogen-bond donors (Lipinski definition) is 3. The number of benzene rings is 2. The topological polar surface area (TPSA) is 93.2 Å². The van der Waals surface area contributed by atoms with Crippen LogP contribution in [0.25, 0.3) is 0 Å². The van der Waals surface area contributed by atoms with Gasteiger partial charge in [0.15, 0.2) is 17.5 Å². The van der Waals surface area contributed by atoms with Crippen molar-refractivity contribution < 1.29 is 19.0 Å². The van der Waals surface area contributed by atoms with Crippen molar-refractivity contribution in [3.05, 3.63) is 48.0 Å². The zero-order chi connectivity index (χ0) is 20.5. The Morgan fingerprint density at radius 2 is 1.80 bits per heavy atom. The summed E-state index contributed by atoms with van der Waals surface area (Å²) >= 11 is 0. The molecule has 162 valence electrons. The molecule has 0 atom stereocenters.